The summed E-state index contributed by atoms with van der Waals surface area (Å²) in [6.45, 7) is 11.9. The molecule has 1 saturated carbocycles. The van der Waals surface area contributed by atoms with Gasteiger partial charge in [0.2, 0.25) is 0 Å². The lowest BCUT2D eigenvalue weighted by atomic mass is 9.70. The molecule has 4 heteroatoms. The van der Waals surface area contributed by atoms with Crippen LogP contribution in [0.25, 0.3) is 0 Å². The lowest BCUT2D eigenvalue weighted by molar-refractivity contribution is -0.0847. The number of allylic oxidation sites excluding steroid dienone is 3. The fourth-order valence-electron chi connectivity index (χ4n) is 5.23. The Hall–Kier alpha value is -2.56. The molecule has 0 aromatic heterocycles. The van der Waals surface area contributed by atoms with Gasteiger partial charge < -0.3 is 14.9 Å². The van der Waals surface area contributed by atoms with E-state index in [0.717, 1.165) is 15.6 Å². The molecule has 1 saturated heterocycles. The first-order chi connectivity index (χ1) is 14.3. The molecule has 1 heterocycles. The van der Waals surface area contributed by atoms with E-state index in [1.165, 1.54) is 0 Å². The monoisotopic (exact) mass is 464 g/mol. The molecule has 0 spiro atoms. The van der Waals surface area contributed by atoms with Crippen LogP contribution in [0.2, 0.25) is 0 Å². The zero-order chi connectivity index (χ0) is 21.7. The Morgan fingerprint density at radius 3 is 2.23 bits per heavy atom. The van der Waals surface area contributed by atoms with E-state index >= 15 is 0 Å². The number of hydrogen-bond acceptors (Lipinski definition) is 3. The van der Waals surface area contributed by atoms with Crippen molar-refractivity contribution in [1.29, 1.82) is 0 Å². The van der Waals surface area contributed by atoms with E-state index in [9.17, 15) is 10.2 Å². The molecule has 4 unspecified atom stereocenters. The van der Waals surface area contributed by atoms with Gasteiger partial charge in [-0.05, 0) is 48.8 Å². The molecule has 154 valence electrons. The van der Waals surface area contributed by atoms with Crippen molar-refractivity contribution in [2.75, 3.05) is 0 Å². The van der Waals surface area contributed by atoms with Crippen molar-refractivity contribution in [1.82, 2.24) is 0 Å². The molecular weight excluding hydrogens is 440 g/mol. The van der Waals surface area contributed by atoms with E-state index in [-0.39, 0.29) is 5.76 Å². The largest absolute Gasteiger partial charge is 0.512 e. The minimum Gasteiger partial charge on any atom is -0.512 e. The second-order valence-corrected chi connectivity index (χ2v) is 8.71. The summed E-state index contributed by atoms with van der Waals surface area (Å²) in [5, 5.41) is 23.0. The quantitative estimate of drug-likeness (QED) is 0.413. The van der Waals surface area contributed by atoms with Gasteiger partial charge in [-0.1, -0.05) is 77.6 Å². The number of aliphatic hydroxyl groups excluding tert-OH is 1. The van der Waals surface area contributed by atoms with Gasteiger partial charge in [-0.2, -0.15) is 0 Å². The van der Waals surface area contributed by atoms with E-state index in [1.807, 2.05) is 80.6 Å². The molecule has 0 bridgehead atoms. The highest BCUT2D eigenvalue weighted by Gasteiger charge is 2.74. The summed E-state index contributed by atoms with van der Waals surface area (Å²) in [5.74, 6) is -0.419. The number of fused-ring (bicyclic) bond motifs is 1. The van der Waals surface area contributed by atoms with Crippen molar-refractivity contribution in [3.8, 4) is 0 Å². The zero-order valence-electron chi connectivity index (χ0n) is 17.1. The molecule has 2 aromatic rings. The maximum absolute atomic E-state index is 12.4. The molecule has 4 atom stereocenters. The minimum atomic E-state index is -1.53. The SMILES string of the molecule is C=C(O)C1C(=C)C2(O)C(=C/C)/C(=C\C)OC2(c2ccc(Br)cc2)C1c1ccccc1. The second-order valence-electron chi connectivity index (χ2n) is 7.79. The fraction of sp³-hybridized carbons (Fsp3) is 0.231. The van der Waals surface area contributed by atoms with Crippen molar-refractivity contribution in [2.24, 2.45) is 5.92 Å². The molecule has 30 heavy (non-hydrogen) atoms. The fourth-order valence-corrected chi connectivity index (χ4v) is 5.50. The first-order valence-corrected chi connectivity index (χ1v) is 10.7. The Bertz CT molecular complexity index is 1070. The van der Waals surface area contributed by atoms with Gasteiger partial charge in [-0.15, -0.1) is 0 Å². The van der Waals surface area contributed by atoms with Gasteiger partial charge in [0.25, 0.3) is 0 Å². The zero-order valence-corrected chi connectivity index (χ0v) is 18.7. The average Bonchev–Trinajstić information content (AvgIpc) is 3.12. The molecule has 3 nitrogen and oxygen atoms in total. The Morgan fingerprint density at radius 2 is 1.70 bits per heavy atom. The van der Waals surface area contributed by atoms with Gasteiger partial charge >= 0.3 is 0 Å². The maximum Gasteiger partial charge on any atom is 0.178 e. The van der Waals surface area contributed by atoms with Crippen LogP contribution in [0.5, 0.6) is 0 Å². The highest BCUT2D eigenvalue weighted by molar-refractivity contribution is 9.10. The summed E-state index contributed by atoms with van der Waals surface area (Å²) in [4.78, 5) is 0. The molecule has 1 aliphatic carbocycles. The first kappa shape index (κ1) is 20.7. The van der Waals surface area contributed by atoms with Crippen LogP contribution in [0.4, 0.5) is 0 Å². The number of ether oxygens (including phenoxy) is 1. The maximum atomic E-state index is 12.4. The van der Waals surface area contributed by atoms with Crippen LogP contribution in [-0.4, -0.2) is 15.8 Å². The van der Waals surface area contributed by atoms with E-state index in [0.29, 0.717) is 16.9 Å². The summed E-state index contributed by atoms with van der Waals surface area (Å²) in [5.41, 5.74) is 0.147. The lowest BCUT2D eigenvalue weighted by Gasteiger charge is -2.40. The van der Waals surface area contributed by atoms with Crippen molar-refractivity contribution in [3.05, 3.63) is 118 Å². The molecule has 1 aliphatic heterocycles. The summed E-state index contributed by atoms with van der Waals surface area (Å²) in [6, 6.07) is 17.6. The van der Waals surface area contributed by atoms with Gasteiger partial charge in [0.15, 0.2) is 11.2 Å². The van der Waals surface area contributed by atoms with Crippen molar-refractivity contribution in [2.45, 2.75) is 31.0 Å². The van der Waals surface area contributed by atoms with E-state index in [2.05, 4.69) is 29.1 Å². The predicted molar refractivity (Wildman–Crippen MR) is 123 cm³/mol. The molecule has 2 aromatic carbocycles. The van der Waals surface area contributed by atoms with Crippen LogP contribution < -0.4 is 0 Å². The molecule has 0 amide bonds. The average molecular weight is 465 g/mol. The molecular formula is C26H25BrO3. The van der Waals surface area contributed by atoms with Crippen LogP contribution in [0, 0.1) is 5.92 Å². The van der Waals surface area contributed by atoms with Gasteiger partial charge in [-0.25, -0.2) is 0 Å². The number of aliphatic hydroxyl groups is 2. The summed E-state index contributed by atoms with van der Waals surface area (Å²) in [6.07, 6.45) is 3.73. The Kier molecular flexibility index (Phi) is 5.03. The number of rotatable bonds is 3. The van der Waals surface area contributed by atoms with Gasteiger partial charge in [0.05, 0.1) is 11.7 Å². The number of hydrogen-bond donors (Lipinski definition) is 2. The number of benzene rings is 2. The smallest absolute Gasteiger partial charge is 0.178 e. The molecule has 2 fully saturated rings. The predicted octanol–water partition coefficient (Wildman–Crippen LogP) is 6.30. The van der Waals surface area contributed by atoms with Crippen LogP contribution in [-0.2, 0) is 10.3 Å². The Morgan fingerprint density at radius 1 is 1.07 bits per heavy atom. The van der Waals surface area contributed by atoms with Crippen molar-refractivity contribution >= 4 is 15.9 Å². The standard InChI is InChI=1S/C26H25BrO3/c1-5-21-22(6-2)30-26(19-12-14-20(27)15-13-19)24(18-10-8-7-9-11-18)23(17(4)28)16(3)25(21,26)29/h5-15,23-24,28-29H,3-4H2,1-2H3/b21-5+,22-6+. The lowest BCUT2D eigenvalue weighted by Crippen LogP contribution is -2.48. The summed E-state index contributed by atoms with van der Waals surface area (Å²) < 4.78 is 7.62. The molecule has 2 aliphatic rings. The van der Waals surface area contributed by atoms with Crippen LogP contribution in [0.15, 0.2) is 107 Å². The third kappa shape index (κ3) is 2.53. The highest BCUT2D eigenvalue weighted by atomic mass is 79.9. The van der Waals surface area contributed by atoms with Crippen molar-refractivity contribution in [3.63, 3.8) is 0 Å². The topological polar surface area (TPSA) is 49.7 Å². The third-order valence-corrected chi connectivity index (χ3v) is 6.95. The molecule has 4 rings (SSSR count). The van der Waals surface area contributed by atoms with Gasteiger partial charge in [0, 0.05) is 16.0 Å². The van der Waals surface area contributed by atoms with E-state index < -0.39 is 23.0 Å². The Labute approximate surface area is 185 Å². The minimum absolute atomic E-state index is 0.0331. The normalized spacial score (nSPS) is 33.0. The number of halogens is 1. The Balaban J connectivity index is 2.13. The van der Waals surface area contributed by atoms with Crippen LogP contribution in [0.3, 0.4) is 0 Å². The first-order valence-electron chi connectivity index (χ1n) is 9.95. The van der Waals surface area contributed by atoms with Gasteiger partial charge in [0.1, 0.15) is 5.76 Å². The van der Waals surface area contributed by atoms with Gasteiger partial charge in [-0.3, -0.25) is 0 Å². The summed E-state index contributed by atoms with van der Waals surface area (Å²) in [7, 11) is 0. The highest BCUT2D eigenvalue weighted by Crippen LogP contribution is 2.70. The molecule has 2 N–H and O–H groups in total. The van der Waals surface area contributed by atoms with E-state index in [1.54, 1.807) is 0 Å². The molecule has 0 radical (unpaired) electrons. The van der Waals surface area contributed by atoms with Crippen molar-refractivity contribution < 1.29 is 14.9 Å². The van der Waals surface area contributed by atoms with Crippen LogP contribution >= 0.6 is 15.9 Å². The third-order valence-electron chi connectivity index (χ3n) is 6.42. The summed E-state index contributed by atoms with van der Waals surface area (Å²) >= 11 is 3.50. The van der Waals surface area contributed by atoms with Crippen LogP contribution in [0.1, 0.15) is 30.9 Å². The second kappa shape index (κ2) is 7.29. The van der Waals surface area contributed by atoms with E-state index in [4.69, 9.17) is 4.74 Å².